The monoisotopic (exact) mass is 411 g/mol. The Hall–Kier alpha value is -3.16. The van der Waals surface area contributed by atoms with Gasteiger partial charge in [-0.25, -0.2) is 0 Å². The number of nitrogens with zero attached hydrogens (tertiary/aromatic N) is 2. The van der Waals surface area contributed by atoms with Gasteiger partial charge in [0.05, 0.1) is 28.2 Å². The van der Waals surface area contributed by atoms with Gasteiger partial charge in [0.15, 0.2) is 5.76 Å². The molecule has 3 aromatic heterocycles. The zero-order valence-electron chi connectivity index (χ0n) is 14.5. The molecule has 1 N–H and O–H groups in total. The van der Waals surface area contributed by atoms with Crippen LogP contribution < -0.4 is 14.8 Å². The summed E-state index contributed by atoms with van der Waals surface area (Å²) in [5.74, 6) is -0.0813. The van der Waals surface area contributed by atoms with Crippen molar-refractivity contribution in [2.75, 3.05) is 0 Å². The van der Waals surface area contributed by atoms with Crippen LogP contribution >= 0.6 is 22.9 Å². The molecular formula is C20H14ClN3O3S. The number of halogens is 1. The number of hydrogen-bond donors (Lipinski definition) is 1. The third kappa shape index (κ3) is 4.05. The molecule has 3 heterocycles. The molecule has 28 heavy (non-hydrogen) atoms. The number of hydrogen-bond acceptors (Lipinski definition) is 5. The first-order valence-electron chi connectivity index (χ1n) is 8.35. The number of H-pyrrole nitrogens is 1. The second kappa shape index (κ2) is 7.84. The molecule has 0 saturated heterocycles. The summed E-state index contributed by atoms with van der Waals surface area (Å²) in [7, 11) is 0. The smallest absolute Gasteiger partial charge is 0.266 e. The van der Waals surface area contributed by atoms with Crippen LogP contribution in [0.4, 0.5) is 0 Å². The number of furan rings is 1. The largest absolute Gasteiger partial charge is 0.461 e. The van der Waals surface area contributed by atoms with Gasteiger partial charge in [0, 0.05) is 22.9 Å². The van der Waals surface area contributed by atoms with Gasteiger partial charge < -0.3 is 9.40 Å². The van der Waals surface area contributed by atoms with E-state index in [2.05, 4.69) is 10.1 Å². The van der Waals surface area contributed by atoms with Crippen molar-refractivity contribution in [3.05, 3.63) is 96.5 Å². The molecule has 8 heteroatoms. The molecule has 0 aliphatic rings. The van der Waals surface area contributed by atoms with Crippen LogP contribution in [0.2, 0.25) is 5.02 Å². The van der Waals surface area contributed by atoms with E-state index in [0.717, 1.165) is 11.1 Å². The molecule has 0 saturated carbocycles. The van der Waals surface area contributed by atoms with Crippen LogP contribution in [0.25, 0.3) is 12.2 Å². The molecule has 0 unspecified atom stereocenters. The summed E-state index contributed by atoms with van der Waals surface area (Å²) >= 11 is 7.38. The second-order valence-corrected chi connectivity index (χ2v) is 7.47. The Bertz CT molecular complexity index is 1300. The number of aromatic amines is 1. The van der Waals surface area contributed by atoms with Crippen LogP contribution in [0.1, 0.15) is 21.7 Å². The zero-order valence-corrected chi connectivity index (χ0v) is 16.0. The van der Waals surface area contributed by atoms with Crippen molar-refractivity contribution < 1.29 is 9.21 Å². The highest BCUT2D eigenvalue weighted by Gasteiger charge is 2.06. The van der Waals surface area contributed by atoms with Gasteiger partial charge in [-0.2, -0.15) is 5.10 Å². The van der Waals surface area contributed by atoms with E-state index < -0.39 is 0 Å². The Kier molecular flexibility index (Phi) is 5.10. The van der Waals surface area contributed by atoms with Crippen LogP contribution in [0, 0.1) is 0 Å². The van der Waals surface area contributed by atoms with Crippen molar-refractivity contribution in [2.45, 2.75) is 6.54 Å². The maximum atomic E-state index is 12.2. The lowest BCUT2D eigenvalue weighted by Crippen LogP contribution is -2.19. The zero-order chi connectivity index (χ0) is 19.5. The molecule has 4 rings (SSSR count). The Morgan fingerprint density at radius 3 is 2.93 bits per heavy atom. The van der Waals surface area contributed by atoms with Crippen molar-refractivity contribution in [3.63, 3.8) is 0 Å². The van der Waals surface area contributed by atoms with Crippen molar-refractivity contribution in [3.8, 4) is 0 Å². The lowest BCUT2D eigenvalue weighted by Gasteiger charge is -2.03. The number of benzene rings is 1. The molecule has 0 radical (unpaired) electrons. The lowest BCUT2D eigenvalue weighted by atomic mass is 10.2. The van der Waals surface area contributed by atoms with Crippen LogP contribution in [-0.2, 0) is 6.54 Å². The molecular weight excluding hydrogens is 398 g/mol. The van der Waals surface area contributed by atoms with Gasteiger partial charge in [-0.1, -0.05) is 29.8 Å². The van der Waals surface area contributed by atoms with E-state index in [0.29, 0.717) is 20.8 Å². The van der Waals surface area contributed by atoms with Gasteiger partial charge in [0.2, 0.25) is 5.78 Å². The number of carbonyl (C=O) groups is 1. The summed E-state index contributed by atoms with van der Waals surface area (Å²) in [5, 5.41) is 4.99. The number of ketones is 1. The fourth-order valence-corrected chi connectivity index (χ4v) is 3.71. The maximum absolute atomic E-state index is 12.2. The van der Waals surface area contributed by atoms with E-state index in [1.54, 1.807) is 29.1 Å². The number of rotatable bonds is 5. The molecule has 0 fully saturated rings. The maximum Gasteiger partial charge on any atom is 0.266 e. The van der Waals surface area contributed by atoms with Crippen LogP contribution in [0.15, 0.2) is 64.3 Å². The number of nitrogens with one attached hydrogen (secondary N) is 1. The third-order valence-electron chi connectivity index (χ3n) is 3.95. The van der Waals surface area contributed by atoms with Crippen LogP contribution in [0.5, 0.6) is 0 Å². The Morgan fingerprint density at radius 1 is 1.29 bits per heavy atom. The third-order valence-corrected chi connectivity index (χ3v) is 5.28. The molecule has 1 aromatic carbocycles. The predicted molar refractivity (Wildman–Crippen MR) is 108 cm³/mol. The molecule has 0 amide bonds. The van der Waals surface area contributed by atoms with Crippen LogP contribution in [0.3, 0.4) is 0 Å². The van der Waals surface area contributed by atoms with Crippen molar-refractivity contribution in [1.29, 1.82) is 0 Å². The second-order valence-electron chi connectivity index (χ2n) is 5.98. The van der Waals surface area contributed by atoms with E-state index in [9.17, 15) is 9.59 Å². The number of Topliss-reactive ketones (excluding diaryl/α,β-unsaturated/α-hetero) is 1. The Labute approximate surface area is 168 Å². The molecule has 0 atom stereocenters. The van der Waals surface area contributed by atoms with Gasteiger partial charge in [-0.05, 0) is 29.8 Å². The fourth-order valence-electron chi connectivity index (χ4n) is 2.63. The summed E-state index contributed by atoms with van der Waals surface area (Å²) in [6.45, 7) is 0.533. The molecule has 0 aliphatic carbocycles. The van der Waals surface area contributed by atoms with Gasteiger partial charge >= 0.3 is 0 Å². The minimum absolute atomic E-state index is 0.223. The summed E-state index contributed by atoms with van der Waals surface area (Å²) < 4.78 is 7.76. The Balaban J connectivity index is 1.59. The molecule has 0 aliphatic heterocycles. The number of carbonyl (C=O) groups excluding carboxylic acids is 1. The highest BCUT2D eigenvalue weighted by molar-refractivity contribution is 7.07. The van der Waals surface area contributed by atoms with Crippen molar-refractivity contribution in [1.82, 2.24) is 14.8 Å². The van der Waals surface area contributed by atoms with Gasteiger partial charge in [0.1, 0.15) is 0 Å². The van der Waals surface area contributed by atoms with Gasteiger partial charge in [0.25, 0.3) is 5.56 Å². The summed E-state index contributed by atoms with van der Waals surface area (Å²) in [4.78, 5) is 26.9. The highest BCUT2D eigenvalue weighted by Crippen LogP contribution is 2.16. The highest BCUT2D eigenvalue weighted by atomic mass is 35.5. The SMILES string of the molecule is O=C(/C=c1/[nH]c(=O)/c(=C/c2cnn(Cc3ccccc3Cl)c2)s1)c1ccco1. The molecule has 4 aromatic rings. The van der Waals surface area contributed by atoms with E-state index in [4.69, 9.17) is 16.0 Å². The van der Waals surface area contributed by atoms with E-state index in [1.165, 1.54) is 23.7 Å². The summed E-state index contributed by atoms with van der Waals surface area (Å²) in [5.41, 5.74) is 1.48. The van der Waals surface area contributed by atoms with Crippen LogP contribution in [-0.4, -0.2) is 20.5 Å². The Morgan fingerprint density at radius 2 is 2.14 bits per heavy atom. The average Bonchev–Trinajstić information content (AvgIpc) is 3.40. The topological polar surface area (TPSA) is 80.9 Å². The molecule has 0 bridgehead atoms. The van der Waals surface area contributed by atoms with Gasteiger partial charge in [-0.15, -0.1) is 11.3 Å². The summed E-state index contributed by atoms with van der Waals surface area (Å²) in [6, 6.07) is 10.8. The first-order chi connectivity index (χ1) is 13.6. The molecule has 140 valence electrons. The lowest BCUT2D eigenvalue weighted by molar-refractivity contribution is 0.103. The first-order valence-corrected chi connectivity index (χ1v) is 9.54. The fraction of sp³-hybridized carbons (Fsp3) is 0.0500. The van der Waals surface area contributed by atoms with Gasteiger partial charge in [-0.3, -0.25) is 14.3 Å². The normalized spacial score (nSPS) is 12.6. The minimum atomic E-state index is -0.304. The first kappa shape index (κ1) is 18.2. The number of thiazole rings is 1. The predicted octanol–water partition coefficient (Wildman–Crippen LogP) is 2.42. The summed E-state index contributed by atoms with van der Waals surface area (Å²) in [6.07, 6.45) is 8.02. The van der Waals surface area contributed by atoms with E-state index in [-0.39, 0.29) is 17.1 Å². The van der Waals surface area contributed by atoms with E-state index >= 15 is 0 Å². The average molecular weight is 412 g/mol. The van der Waals surface area contributed by atoms with Crippen molar-refractivity contribution in [2.24, 2.45) is 0 Å². The van der Waals surface area contributed by atoms with E-state index in [1.807, 2.05) is 30.5 Å². The minimum Gasteiger partial charge on any atom is -0.461 e. The standard InChI is InChI=1S/C20H14ClN3O3S/c21-15-5-2-1-4-14(15)12-24-11-13(10-22-24)8-18-20(26)23-19(28-18)9-16(25)17-6-3-7-27-17/h1-11H,12H2,(H,23,26)/b18-8-,19-9-. The molecule has 0 spiro atoms. The quantitative estimate of drug-likeness (QED) is 0.511. The number of aromatic nitrogens is 3. The van der Waals surface area contributed by atoms with Crippen molar-refractivity contribution >= 4 is 40.9 Å². The molecule has 6 nitrogen and oxygen atoms in total.